The molecule has 6 nitrogen and oxygen atoms in total. The Balaban J connectivity index is 0.00000274. The van der Waals surface area contributed by atoms with Gasteiger partial charge in [0.05, 0.1) is 29.9 Å². The SMILES string of the molecule is COc1cc2c(Nc3ccc(Br)c(Cl)c3F)ncnc2cc1OC[C@@H]1C[C@@H]2CN(C)C[C@@H]2C1.Cl. The number of nitrogens with zero attached hydrogens (tertiary/aromatic N) is 3. The lowest BCUT2D eigenvalue weighted by Crippen LogP contribution is -2.18. The minimum absolute atomic E-state index is 0. The molecule has 1 saturated carbocycles. The zero-order valence-corrected chi connectivity index (χ0v) is 22.0. The number of ether oxygens (including phenoxy) is 2. The molecule has 1 aliphatic heterocycles. The van der Waals surface area contributed by atoms with Crippen molar-refractivity contribution in [1.29, 1.82) is 0 Å². The van der Waals surface area contributed by atoms with Gasteiger partial charge in [0.15, 0.2) is 17.3 Å². The maximum absolute atomic E-state index is 14.6. The van der Waals surface area contributed by atoms with Crippen molar-refractivity contribution < 1.29 is 13.9 Å². The zero-order chi connectivity index (χ0) is 23.1. The Morgan fingerprint density at radius 3 is 2.62 bits per heavy atom. The second kappa shape index (κ2) is 10.4. The third-order valence-corrected chi connectivity index (χ3v) is 7.97. The number of halogens is 4. The van der Waals surface area contributed by atoms with Gasteiger partial charge in [-0.3, -0.25) is 0 Å². The van der Waals surface area contributed by atoms with Crippen LogP contribution in [-0.2, 0) is 0 Å². The Kier molecular flexibility index (Phi) is 7.72. The van der Waals surface area contributed by atoms with Crippen LogP contribution in [0.25, 0.3) is 10.9 Å². The van der Waals surface area contributed by atoms with Crippen molar-refractivity contribution in [3.63, 3.8) is 0 Å². The number of anilines is 2. The van der Waals surface area contributed by atoms with Crippen molar-refractivity contribution in [2.45, 2.75) is 12.8 Å². The summed E-state index contributed by atoms with van der Waals surface area (Å²) in [6.07, 6.45) is 3.86. The molecule has 2 aliphatic rings. The van der Waals surface area contributed by atoms with E-state index in [0.29, 0.717) is 45.2 Å². The molecule has 3 atom stereocenters. The molecule has 0 bridgehead atoms. The second-order valence-electron chi connectivity index (χ2n) is 8.98. The van der Waals surface area contributed by atoms with Gasteiger partial charge in [0, 0.05) is 29.0 Å². The maximum Gasteiger partial charge on any atom is 0.166 e. The van der Waals surface area contributed by atoms with Crippen LogP contribution in [0.5, 0.6) is 11.5 Å². The molecule has 182 valence electrons. The quantitative estimate of drug-likeness (QED) is 0.349. The van der Waals surface area contributed by atoms with Crippen LogP contribution in [0.4, 0.5) is 15.9 Å². The molecule has 3 aromatic rings. The van der Waals surface area contributed by atoms with Crippen molar-refractivity contribution in [3.8, 4) is 11.5 Å². The van der Waals surface area contributed by atoms with E-state index in [-0.39, 0.29) is 23.1 Å². The largest absolute Gasteiger partial charge is 0.493 e. The number of rotatable bonds is 6. The fourth-order valence-corrected chi connectivity index (χ4v) is 5.66. The summed E-state index contributed by atoms with van der Waals surface area (Å²) in [5.74, 6) is 3.27. The molecule has 0 radical (unpaired) electrons. The normalized spacial score (nSPS) is 21.9. The van der Waals surface area contributed by atoms with Crippen molar-refractivity contribution in [2.75, 3.05) is 39.2 Å². The number of fused-ring (bicyclic) bond motifs is 2. The molecule has 0 unspecified atom stereocenters. The first-order valence-corrected chi connectivity index (χ1v) is 12.1. The minimum Gasteiger partial charge on any atom is -0.493 e. The number of methoxy groups -OCH3 is 1. The Morgan fingerprint density at radius 1 is 1.18 bits per heavy atom. The van der Waals surface area contributed by atoms with Crippen molar-refractivity contribution in [1.82, 2.24) is 14.9 Å². The third-order valence-electron chi connectivity index (χ3n) is 6.71. The molecule has 10 heteroatoms. The molecule has 2 heterocycles. The number of benzene rings is 2. The first kappa shape index (κ1) is 25.2. The van der Waals surface area contributed by atoms with Crippen LogP contribution in [-0.4, -0.2) is 48.7 Å². The third kappa shape index (κ3) is 4.91. The highest BCUT2D eigenvalue weighted by Gasteiger charge is 2.39. The van der Waals surface area contributed by atoms with E-state index in [1.807, 2.05) is 12.1 Å². The zero-order valence-electron chi connectivity index (χ0n) is 18.9. The second-order valence-corrected chi connectivity index (χ2v) is 10.2. The van der Waals surface area contributed by atoms with Crippen LogP contribution < -0.4 is 14.8 Å². The average Bonchev–Trinajstić information content (AvgIpc) is 3.34. The van der Waals surface area contributed by atoms with E-state index in [1.54, 1.807) is 19.2 Å². The summed E-state index contributed by atoms with van der Waals surface area (Å²) < 4.78 is 26.9. The number of likely N-dealkylation sites (tertiary alicyclic amines) is 1. The first-order valence-electron chi connectivity index (χ1n) is 11.0. The fraction of sp³-hybridized carbons (Fsp3) is 0.417. The summed E-state index contributed by atoms with van der Waals surface area (Å²) in [6.45, 7) is 3.05. The lowest BCUT2D eigenvalue weighted by atomic mass is 10.0. The molecule has 2 fully saturated rings. The average molecular weight is 572 g/mol. The Labute approximate surface area is 217 Å². The molecular formula is C24H26BrCl2FN4O2. The molecule has 5 rings (SSSR count). The van der Waals surface area contributed by atoms with Crippen molar-refractivity contribution in [2.24, 2.45) is 17.8 Å². The van der Waals surface area contributed by atoms with Gasteiger partial charge in [-0.2, -0.15) is 0 Å². The number of hydrogen-bond donors (Lipinski definition) is 1. The summed E-state index contributed by atoms with van der Waals surface area (Å²) in [5, 5.41) is 3.73. The van der Waals surface area contributed by atoms with E-state index in [2.05, 4.69) is 43.2 Å². The predicted octanol–water partition coefficient (Wildman–Crippen LogP) is 6.33. The lowest BCUT2D eigenvalue weighted by molar-refractivity contribution is 0.227. The highest BCUT2D eigenvalue weighted by molar-refractivity contribution is 9.10. The van der Waals surface area contributed by atoms with Gasteiger partial charge in [0.2, 0.25) is 0 Å². The molecule has 1 aromatic heterocycles. The van der Waals surface area contributed by atoms with Gasteiger partial charge in [-0.15, -0.1) is 12.4 Å². The fourth-order valence-electron chi connectivity index (χ4n) is 5.19. The number of nitrogens with one attached hydrogen (secondary N) is 1. The molecule has 0 spiro atoms. The predicted molar refractivity (Wildman–Crippen MR) is 138 cm³/mol. The molecule has 34 heavy (non-hydrogen) atoms. The number of aromatic nitrogens is 2. The maximum atomic E-state index is 14.6. The molecule has 2 aromatic carbocycles. The van der Waals surface area contributed by atoms with E-state index >= 15 is 0 Å². The van der Waals surface area contributed by atoms with Gasteiger partial charge in [-0.25, -0.2) is 14.4 Å². The molecular weight excluding hydrogens is 546 g/mol. The van der Waals surface area contributed by atoms with E-state index in [9.17, 15) is 4.39 Å². The van der Waals surface area contributed by atoms with E-state index in [0.717, 1.165) is 11.8 Å². The van der Waals surface area contributed by atoms with Gasteiger partial charge in [-0.05, 0) is 71.8 Å². The van der Waals surface area contributed by atoms with Gasteiger partial charge >= 0.3 is 0 Å². The molecule has 1 N–H and O–H groups in total. The summed E-state index contributed by atoms with van der Waals surface area (Å²) >= 11 is 9.26. The van der Waals surface area contributed by atoms with Gasteiger partial charge in [-0.1, -0.05) is 11.6 Å². The van der Waals surface area contributed by atoms with Crippen molar-refractivity contribution in [3.05, 3.63) is 45.9 Å². The summed E-state index contributed by atoms with van der Waals surface area (Å²) in [5.41, 5.74) is 0.900. The van der Waals surface area contributed by atoms with E-state index < -0.39 is 5.82 Å². The minimum atomic E-state index is -0.558. The van der Waals surface area contributed by atoms with E-state index in [4.69, 9.17) is 21.1 Å². The highest BCUT2D eigenvalue weighted by Crippen LogP contribution is 2.42. The van der Waals surface area contributed by atoms with Crippen LogP contribution in [0.15, 0.2) is 35.1 Å². The standard InChI is InChI=1S/C24H25BrClFN4O2.ClH/c1-31-9-14-5-13(6-15(14)10-31)11-33-21-8-19-16(7-20(21)32-2)24(29-12-28-19)30-18-4-3-17(25)22(26)23(18)27;/h3-4,7-8,12-15H,5-6,9-11H2,1-2H3,(H,28,29,30);1H/t13-,14-,15+;. The first-order chi connectivity index (χ1) is 15.9. The molecule has 1 aliphatic carbocycles. The Bertz CT molecular complexity index is 1190. The van der Waals surface area contributed by atoms with Crippen LogP contribution >= 0.6 is 39.9 Å². The van der Waals surface area contributed by atoms with Crippen LogP contribution in [0, 0.1) is 23.6 Å². The van der Waals surface area contributed by atoms with E-state index in [1.165, 1.54) is 32.3 Å². The van der Waals surface area contributed by atoms with Gasteiger partial charge in [0.25, 0.3) is 0 Å². The smallest absolute Gasteiger partial charge is 0.166 e. The van der Waals surface area contributed by atoms with Crippen molar-refractivity contribution >= 4 is 62.3 Å². The monoisotopic (exact) mass is 570 g/mol. The highest BCUT2D eigenvalue weighted by atomic mass is 79.9. The van der Waals surface area contributed by atoms with Gasteiger partial charge in [0.1, 0.15) is 12.1 Å². The van der Waals surface area contributed by atoms with Gasteiger partial charge < -0.3 is 19.7 Å². The summed E-state index contributed by atoms with van der Waals surface area (Å²) in [7, 11) is 3.81. The summed E-state index contributed by atoms with van der Waals surface area (Å²) in [6, 6.07) is 6.96. The summed E-state index contributed by atoms with van der Waals surface area (Å²) in [4.78, 5) is 11.1. The Hall–Kier alpha value is -1.87. The lowest BCUT2D eigenvalue weighted by Gasteiger charge is -2.17. The molecule has 0 amide bonds. The number of hydrogen-bond acceptors (Lipinski definition) is 6. The molecule has 1 saturated heterocycles. The van der Waals surface area contributed by atoms with Crippen LogP contribution in [0.2, 0.25) is 5.02 Å². The topological polar surface area (TPSA) is 59.5 Å². The van der Waals surface area contributed by atoms with Crippen LogP contribution in [0.1, 0.15) is 12.8 Å². The van der Waals surface area contributed by atoms with Crippen LogP contribution in [0.3, 0.4) is 0 Å². The Morgan fingerprint density at radius 2 is 1.91 bits per heavy atom.